The van der Waals surface area contributed by atoms with Crippen LogP contribution in [0, 0.1) is 11.3 Å². The first-order valence-electron chi connectivity index (χ1n) is 6.97. The summed E-state index contributed by atoms with van der Waals surface area (Å²) < 4.78 is 30.1. The molecule has 126 valence electrons. The van der Waals surface area contributed by atoms with Gasteiger partial charge in [0.05, 0.1) is 30.1 Å². The van der Waals surface area contributed by atoms with E-state index >= 15 is 0 Å². The molecule has 0 fully saturated rings. The van der Waals surface area contributed by atoms with Crippen molar-refractivity contribution in [3.05, 3.63) is 29.8 Å². The Morgan fingerprint density at radius 3 is 2.30 bits per heavy atom. The first kappa shape index (κ1) is 18.8. The summed E-state index contributed by atoms with van der Waals surface area (Å²) in [6, 6.07) is 8.14. The van der Waals surface area contributed by atoms with Crippen LogP contribution >= 0.6 is 0 Å². The molecule has 1 amide bonds. The summed E-state index contributed by atoms with van der Waals surface area (Å²) in [6.45, 7) is 5.39. The van der Waals surface area contributed by atoms with Crippen molar-refractivity contribution in [1.29, 1.82) is 5.26 Å². The maximum Gasteiger partial charge on any atom is 0.407 e. The molecule has 0 aliphatic carbocycles. The second-order valence-electron chi connectivity index (χ2n) is 5.92. The molecular weight excluding hydrogens is 318 g/mol. The van der Waals surface area contributed by atoms with Gasteiger partial charge < -0.3 is 10.1 Å². The molecule has 0 saturated heterocycles. The lowest BCUT2D eigenvalue weighted by atomic mass is 10.2. The number of rotatable bonds is 5. The fourth-order valence-corrected chi connectivity index (χ4v) is 2.69. The van der Waals surface area contributed by atoms with E-state index in [0.717, 1.165) is 10.6 Å². The van der Waals surface area contributed by atoms with E-state index in [9.17, 15) is 13.2 Å². The minimum absolute atomic E-state index is 0.0595. The SMILES string of the molecule is CC(C)(C)OC(=O)NCCN(c1ccc(C#N)cc1)S(C)(=O)=O. The first-order valence-corrected chi connectivity index (χ1v) is 8.82. The van der Waals surface area contributed by atoms with E-state index in [0.29, 0.717) is 11.3 Å². The summed E-state index contributed by atoms with van der Waals surface area (Å²) in [4.78, 5) is 11.6. The Morgan fingerprint density at radius 1 is 1.30 bits per heavy atom. The molecule has 0 unspecified atom stereocenters. The summed E-state index contributed by atoms with van der Waals surface area (Å²) in [5.74, 6) is 0. The number of alkyl carbamates (subject to hydrolysis) is 1. The third-order valence-electron chi connectivity index (χ3n) is 2.67. The molecule has 0 aliphatic rings. The van der Waals surface area contributed by atoms with Gasteiger partial charge in [-0.15, -0.1) is 0 Å². The Kier molecular flexibility index (Phi) is 5.98. The number of hydrogen-bond acceptors (Lipinski definition) is 5. The van der Waals surface area contributed by atoms with E-state index in [2.05, 4.69) is 5.32 Å². The van der Waals surface area contributed by atoms with Gasteiger partial charge in [0, 0.05) is 6.54 Å². The fourth-order valence-electron chi connectivity index (χ4n) is 1.76. The number of nitrogens with one attached hydrogen (secondary N) is 1. The molecular formula is C15H21N3O4S. The average molecular weight is 339 g/mol. The van der Waals surface area contributed by atoms with Crippen molar-refractivity contribution in [2.75, 3.05) is 23.7 Å². The van der Waals surface area contributed by atoms with Crippen LogP contribution in [0.1, 0.15) is 26.3 Å². The maximum absolute atomic E-state index is 11.9. The Labute approximate surface area is 136 Å². The van der Waals surface area contributed by atoms with Crippen molar-refractivity contribution in [3.63, 3.8) is 0 Å². The summed E-state index contributed by atoms with van der Waals surface area (Å²) in [7, 11) is -3.51. The van der Waals surface area contributed by atoms with E-state index in [1.807, 2.05) is 6.07 Å². The molecule has 0 saturated carbocycles. The van der Waals surface area contributed by atoms with Crippen LogP contribution in [-0.4, -0.2) is 39.5 Å². The van der Waals surface area contributed by atoms with Crippen LogP contribution in [0.5, 0.6) is 0 Å². The molecule has 1 aromatic carbocycles. The number of amides is 1. The average Bonchev–Trinajstić information content (AvgIpc) is 2.40. The Balaban J connectivity index is 2.74. The molecule has 0 atom stereocenters. The molecule has 0 spiro atoms. The summed E-state index contributed by atoms with van der Waals surface area (Å²) >= 11 is 0. The number of anilines is 1. The molecule has 0 radical (unpaired) electrons. The molecule has 1 aromatic rings. The lowest BCUT2D eigenvalue weighted by Crippen LogP contribution is -2.40. The van der Waals surface area contributed by atoms with Gasteiger partial charge in [-0.05, 0) is 45.0 Å². The van der Waals surface area contributed by atoms with Crippen LogP contribution in [-0.2, 0) is 14.8 Å². The zero-order valence-corrected chi connectivity index (χ0v) is 14.5. The molecule has 0 aliphatic heterocycles. The predicted octanol–water partition coefficient (Wildman–Crippen LogP) is 1.85. The topological polar surface area (TPSA) is 99.5 Å². The second kappa shape index (κ2) is 7.33. The largest absolute Gasteiger partial charge is 0.444 e. The fraction of sp³-hybridized carbons (Fsp3) is 0.467. The predicted molar refractivity (Wildman–Crippen MR) is 87.6 cm³/mol. The van der Waals surface area contributed by atoms with Crippen molar-refractivity contribution in [3.8, 4) is 6.07 Å². The summed E-state index contributed by atoms with van der Waals surface area (Å²) in [5, 5.41) is 11.3. The highest BCUT2D eigenvalue weighted by molar-refractivity contribution is 7.92. The molecule has 7 nitrogen and oxygen atoms in total. The van der Waals surface area contributed by atoms with Crippen molar-refractivity contribution < 1.29 is 17.9 Å². The van der Waals surface area contributed by atoms with E-state index in [1.165, 1.54) is 12.1 Å². The Bertz CT molecular complexity index is 685. The van der Waals surface area contributed by atoms with Crippen LogP contribution in [0.15, 0.2) is 24.3 Å². The highest BCUT2D eigenvalue weighted by Gasteiger charge is 2.19. The van der Waals surface area contributed by atoms with Crippen molar-refractivity contribution >= 4 is 21.8 Å². The minimum atomic E-state index is -3.51. The number of nitrogens with zero attached hydrogens (tertiary/aromatic N) is 2. The minimum Gasteiger partial charge on any atom is -0.444 e. The lowest BCUT2D eigenvalue weighted by Gasteiger charge is -2.23. The first-order chi connectivity index (χ1) is 10.5. The van der Waals surface area contributed by atoms with Crippen LogP contribution < -0.4 is 9.62 Å². The lowest BCUT2D eigenvalue weighted by molar-refractivity contribution is 0.0529. The monoisotopic (exact) mass is 339 g/mol. The van der Waals surface area contributed by atoms with Crippen molar-refractivity contribution in [2.24, 2.45) is 0 Å². The van der Waals surface area contributed by atoms with Gasteiger partial charge in [-0.25, -0.2) is 13.2 Å². The molecule has 0 aromatic heterocycles. The van der Waals surface area contributed by atoms with Gasteiger partial charge in [0.15, 0.2) is 0 Å². The number of carbonyl (C=O) groups is 1. The van der Waals surface area contributed by atoms with Gasteiger partial charge in [0.1, 0.15) is 5.60 Å². The molecule has 0 heterocycles. The zero-order valence-electron chi connectivity index (χ0n) is 13.7. The molecule has 23 heavy (non-hydrogen) atoms. The molecule has 1 N–H and O–H groups in total. The van der Waals surface area contributed by atoms with Gasteiger partial charge in [-0.3, -0.25) is 4.31 Å². The van der Waals surface area contributed by atoms with Gasteiger partial charge in [-0.1, -0.05) is 0 Å². The van der Waals surface area contributed by atoms with E-state index in [-0.39, 0.29) is 13.1 Å². The quantitative estimate of drug-likeness (QED) is 0.882. The van der Waals surface area contributed by atoms with Gasteiger partial charge in [0.2, 0.25) is 10.0 Å². The Morgan fingerprint density at radius 2 is 1.87 bits per heavy atom. The molecule has 1 rings (SSSR count). The number of hydrogen-bond donors (Lipinski definition) is 1. The molecule has 0 bridgehead atoms. The van der Waals surface area contributed by atoms with E-state index in [1.54, 1.807) is 32.9 Å². The Hall–Kier alpha value is -2.27. The number of carbonyl (C=O) groups excluding carboxylic acids is 1. The number of sulfonamides is 1. The van der Waals surface area contributed by atoms with E-state index in [4.69, 9.17) is 10.00 Å². The van der Waals surface area contributed by atoms with Crippen LogP contribution in [0.4, 0.5) is 10.5 Å². The molecule has 8 heteroatoms. The van der Waals surface area contributed by atoms with Crippen molar-refractivity contribution in [2.45, 2.75) is 26.4 Å². The summed E-state index contributed by atoms with van der Waals surface area (Å²) in [5.41, 5.74) is 0.250. The smallest absolute Gasteiger partial charge is 0.407 e. The van der Waals surface area contributed by atoms with E-state index < -0.39 is 21.7 Å². The van der Waals surface area contributed by atoms with Gasteiger partial charge in [-0.2, -0.15) is 5.26 Å². The van der Waals surface area contributed by atoms with Crippen molar-refractivity contribution in [1.82, 2.24) is 5.32 Å². The third kappa shape index (κ3) is 6.57. The highest BCUT2D eigenvalue weighted by Crippen LogP contribution is 2.17. The zero-order chi connectivity index (χ0) is 17.7. The highest BCUT2D eigenvalue weighted by atomic mass is 32.2. The van der Waals surface area contributed by atoms with Crippen LogP contribution in [0.3, 0.4) is 0 Å². The third-order valence-corrected chi connectivity index (χ3v) is 3.86. The van der Waals surface area contributed by atoms with Crippen LogP contribution in [0.25, 0.3) is 0 Å². The maximum atomic E-state index is 11.9. The standard InChI is InChI=1S/C15H21N3O4S/c1-15(2,3)22-14(19)17-9-10-18(23(4,20)21)13-7-5-12(11-16)6-8-13/h5-8H,9-10H2,1-4H3,(H,17,19). The van der Waals surface area contributed by atoms with Crippen LogP contribution in [0.2, 0.25) is 0 Å². The summed E-state index contributed by atoms with van der Waals surface area (Å²) in [6.07, 6.45) is 0.476. The number of nitriles is 1. The number of benzene rings is 1. The van der Waals surface area contributed by atoms with Gasteiger partial charge >= 0.3 is 6.09 Å². The number of ether oxygens (including phenoxy) is 1. The second-order valence-corrected chi connectivity index (χ2v) is 7.83. The normalized spacial score (nSPS) is 11.4. The van der Waals surface area contributed by atoms with Gasteiger partial charge in [0.25, 0.3) is 0 Å².